The van der Waals surface area contributed by atoms with Crippen LogP contribution >= 0.6 is 11.6 Å². The number of benzene rings is 1. The SMILES string of the molecule is COC(=O)CCC12CCC(c3ccc(C(=O)Cl)cc3)(CC1)OC2. The van der Waals surface area contributed by atoms with Gasteiger partial charge in [-0.2, -0.15) is 0 Å². The van der Waals surface area contributed by atoms with Crippen molar-refractivity contribution in [1.82, 2.24) is 0 Å². The molecule has 2 bridgehead atoms. The molecule has 2 saturated heterocycles. The Hall–Kier alpha value is -1.39. The maximum absolute atomic E-state index is 11.4. The molecule has 0 N–H and O–H groups in total. The first-order chi connectivity index (χ1) is 11.0. The number of ether oxygens (including phenoxy) is 2. The number of halogens is 1. The molecule has 23 heavy (non-hydrogen) atoms. The van der Waals surface area contributed by atoms with Crippen molar-refractivity contribution in [3.8, 4) is 0 Å². The molecule has 1 saturated carbocycles. The van der Waals surface area contributed by atoms with Gasteiger partial charge in [-0.1, -0.05) is 12.1 Å². The minimum absolute atomic E-state index is 0.113. The zero-order valence-corrected chi connectivity index (χ0v) is 14.0. The summed E-state index contributed by atoms with van der Waals surface area (Å²) in [6.45, 7) is 0.681. The minimum atomic E-state index is -0.441. The summed E-state index contributed by atoms with van der Waals surface area (Å²) >= 11 is 5.50. The van der Waals surface area contributed by atoms with E-state index in [0.717, 1.165) is 37.7 Å². The van der Waals surface area contributed by atoms with Crippen LogP contribution in [0.5, 0.6) is 0 Å². The van der Waals surface area contributed by atoms with Gasteiger partial charge in [-0.25, -0.2) is 0 Å². The predicted molar refractivity (Wildman–Crippen MR) is 86.4 cm³/mol. The summed E-state index contributed by atoms with van der Waals surface area (Å²) in [4.78, 5) is 22.6. The highest BCUT2D eigenvalue weighted by Crippen LogP contribution is 2.55. The van der Waals surface area contributed by atoms with Gasteiger partial charge < -0.3 is 9.47 Å². The van der Waals surface area contributed by atoms with E-state index in [1.54, 1.807) is 12.1 Å². The molecule has 0 atom stereocenters. The number of methoxy groups -OCH3 is 1. The highest BCUT2D eigenvalue weighted by atomic mass is 35.5. The van der Waals surface area contributed by atoms with E-state index < -0.39 is 5.24 Å². The molecule has 2 heterocycles. The molecule has 4 nitrogen and oxygen atoms in total. The van der Waals surface area contributed by atoms with E-state index in [-0.39, 0.29) is 17.0 Å². The topological polar surface area (TPSA) is 52.6 Å². The smallest absolute Gasteiger partial charge is 0.305 e. The summed E-state index contributed by atoms with van der Waals surface area (Å²) in [5, 5.41) is -0.441. The molecule has 3 fully saturated rings. The Morgan fingerprint density at radius 2 is 1.83 bits per heavy atom. The van der Waals surface area contributed by atoms with Crippen LogP contribution in [0.15, 0.2) is 24.3 Å². The van der Waals surface area contributed by atoms with Gasteiger partial charge in [-0.05, 0) is 66.8 Å². The normalized spacial score (nSPS) is 29.3. The number of hydrogen-bond acceptors (Lipinski definition) is 4. The summed E-state index contributed by atoms with van der Waals surface area (Å²) in [7, 11) is 1.43. The first kappa shape index (κ1) is 16.5. The number of carbonyl (C=O) groups is 2. The Balaban J connectivity index is 1.69. The van der Waals surface area contributed by atoms with Crippen molar-refractivity contribution in [1.29, 1.82) is 0 Å². The number of fused-ring (bicyclic) bond motifs is 3. The number of rotatable bonds is 5. The van der Waals surface area contributed by atoms with E-state index in [0.29, 0.717) is 18.6 Å². The molecule has 4 rings (SSSR count). The van der Waals surface area contributed by atoms with Crippen molar-refractivity contribution in [2.45, 2.75) is 44.1 Å². The fraction of sp³-hybridized carbons (Fsp3) is 0.556. The second kappa shape index (κ2) is 6.25. The molecule has 3 aliphatic rings. The fourth-order valence-corrected chi connectivity index (χ4v) is 3.96. The summed E-state index contributed by atoms with van der Waals surface area (Å²) in [6, 6.07) is 7.41. The van der Waals surface area contributed by atoms with Gasteiger partial charge in [-0.15, -0.1) is 0 Å². The Labute approximate surface area is 141 Å². The molecule has 1 aliphatic carbocycles. The number of esters is 1. The van der Waals surface area contributed by atoms with E-state index >= 15 is 0 Å². The Morgan fingerprint density at radius 3 is 2.30 bits per heavy atom. The minimum Gasteiger partial charge on any atom is -0.469 e. The predicted octanol–water partition coefficient (Wildman–Crippen LogP) is 3.80. The van der Waals surface area contributed by atoms with Gasteiger partial charge >= 0.3 is 5.97 Å². The van der Waals surface area contributed by atoms with Crippen molar-refractivity contribution >= 4 is 22.8 Å². The first-order valence-corrected chi connectivity index (χ1v) is 8.38. The third-order valence-electron chi connectivity index (χ3n) is 5.50. The van der Waals surface area contributed by atoms with E-state index in [1.807, 2.05) is 12.1 Å². The van der Waals surface area contributed by atoms with Crippen LogP contribution in [0.2, 0.25) is 0 Å². The van der Waals surface area contributed by atoms with Crippen molar-refractivity contribution < 1.29 is 19.1 Å². The van der Waals surface area contributed by atoms with Crippen molar-refractivity contribution in [2.24, 2.45) is 5.41 Å². The molecule has 0 unspecified atom stereocenters. The van der Waals surface area contributed by atoms with E-state index in [2.05, 4.69) is 0 Å². The molecule has 1 aromatic carbocycles. The lowest BCUT2D eigenvalue weighted by Crippen LogP contribution is -2.49. The lowest BCUT2D eigenvalue weighted by molar-refractivity contribution is -0.192. The first-order valence-electron chi connectivity index (χ1n) is 8.00. The fourth-order valence-electron chi connectivity index (χ4n) is 3.83. The van der Waals surface area contributed by atoms with E-state index in [1.165, 1.54) is 7.11 Å². The molecular weight excluding hydrogens is 316 g/mol. The third kappa shape index (κ3) is 3.15. The van der Waals surface area contributed by atoms with Gasteiger partial charge in [0.2, 0.25) is 0 Å². The molecule has 0 radical (unpaired) electrons. The second-order valence-electron chi connectivity index (χ2n) is 6.71. The standard InChI is InChI=1S/C18H21ClO4/c1-22-15(20)6-7-17-8-10-18(11-9-17,23-12-17)14-4-2-13(3-5-14)16(19)21/h2-5H,6-12H2,1H3. The highest BCUT2D eigenvalue weighted by Gasteiger charge is 2.50. The monoisotopic (exact) mass is 336 g/mol. The van der Waals surface area contributed by atoms with Crippen molar-refractivity contribution in [3.63, 3.8) is 0 Å². The summed E-state index contributed by atoms with van der Waals surface area (Å²) in [5.41, 5.74) is 1.48. The van der Waals surface area contributed by atoms with Gasteiger partial charge in [0.25, 0.3) is 5.24 Å². The lowest BCUT2D eigenvalue weighted by atomic mass is 9.62. The van der Waals surface area contributed by atoms with Crippen LogP contribution in [0, 0.1) is 5.41 Å². The highest BCUT2D eigenvalue weighted by molar-refractivity contribution is 6.67. The van der Waals surface area contributed by atoms with Crippen molar-refractivity contribution in [2.75, 3.05) is 13.7 Å². The maximum Gasteiger partial charge on any atom is 0.305 e. The van der Waals surface area contributed by atoms with Crippen LogP contribution in [-0.2, 0) is 19.9 Å². The molecular formula is C18H21ClO4. The lowest BCUT2D eigenvalue weighted by Gasteiger charge is -2.53. The van der Waals surface area contributed by atoms with Gasteiger partial charge in [0.05, 0.1) is 19.3 Å². The van der Waals surface area contributed by atoms with E-state index in [9.17, 15) is 9.59 Å². The molecule has 0 spiro atoms. The van der Waals surface area contributed by atoms with Crippen LogP contribution < -0.4 is 0 Å². The molecule has 2 aliphatic heterocycles. The Bertz CT molecular complexity index is 583. The molecule has 1 aromatic rings. The second-order valence-corrected chi connectivity index (χ2v) is 7.05. The van der Waals surface area contributed by atoms with Crippen LogP contribution in [0.25, 0.3) is 0 Å². The van der Waals surface area contributed by atoms with Crippen LogP contribution in [0.3, 0.4) is 0 Å². The molecule has 0 aromatic heterocycles. The molecule has 0 amide bonds. The maximum atomic E-state index is 11.4. The van der Waals surface area contributed by atoms with Crippen LogP contribution in [0.1, 0.15) is 54.4 Å². The van der Waals surface area contributed by atoms with Gasteiger partial charge in [-0.3, -0.25) is 9.59 Å². The van der Waals surface area contributed by atoms with Crippen molar-refractivity contribution in [3.05, 3.63) is 35.4 Å². The third-order valence-corrected chi connectivity index (χ3v) is 5.72. The average molecular weight is 337 g/mol. The van der Waals surface area contributed by atoms with Crippen LogP contribution in [0.4, 0.5) is 0 Å². The van der Waals surface area contributed by atoms with Gasteiger partial charge in [0.15, 0.2) is 0 Å². The summed E-state index contributed by atoms with van der Waals surface area (Å²) in [6.07, 6.45) is 5.29. The molecule has 124 valence electrons. The average Bonchev–Trinajstić information content (AvgIpc) is 2.61. The number of hydrogen-bond donors (Lipinski definition) is 0. The van der Waals surface area contributed by atoms with Gasteiger partial charge in [0, 0.05) is 12.0 Å². The van der Waals surface area contributed by atoms with Gasteiger partial charge in [0.1, 0.15) is 0 Å². The summed E-state index contributed by atoms with van der Waals surface area (Å²) < 4.78 is 11.0. The summed E-state index contributed by atoms with van der Waals surface area (Å²) in [5.74, 6) is -0.150. The largest absolute Gasteiger partial charge is 0.469 e. The quantitative estimate of drug-likeness (QED) is 0.606. The zero-order valence-electron chi connectivity index (χ0n) is 13.3. The Kier molecular flexibility index (Phi) is 4.47. The Morgan fingerprint density at radius 1 is 1.17 bits per heavy atom. The van der Waals surface area contributed by atoms with Crippen LogP contribution in [-0.4, -0.2) is 24.9 Å². The van der Waals surface area contributed by atoms with E-state index in [4.69, 9.17) is 21.1 Å². The molecule has 5 heteroatoms. The number of carbonyl (C=O) groups excluding carboxylic acids is 2. The zero-order chi connectivity index (χ0) is 16.5.